The maximum Gasteiger partial charge on any atom is 0.245 e. The summed E-state index contributed by atoms with van der Waals surface area (Å²) >= 11 is 8.01. The van der Waals surface area contributed by atoms with Crippen LogP contribution in [0.5, 0.6) is 5.88 Å². The first-order chi connectivity index (χ1) is 9.35. The number of thioether (sulfide) groups is 1. The summed E-state index contributed by atoms with van der Waals surface area (Å²) in [5.41, 5.74) is 1.53. The second-order valence-corrected chi connectivity index (χ2v) is 5.87. The summed E-state index contributed by atoms with van der Waals surface area (Å²) in [5.74, 6) is 4.06. The van der Waals surface area contributed by atoms with Gasteiger partial charge in [-0.25, -0.2) is 9.97 Å². The van der Waals surface area contributed by atoms with Gasteiger partial charge < -0.3 is 9.30 Å². The summed E-state index contributed by atoms with van der Waals surface area (Å²) in [6.07, 6.45) is 3.89. The van der Waals surface area contributed by atoms with Crippen LogP contribution in [0.3, 0.4) is 0 Å². The van der Waals surface area contributed by atoms with Crippen molar-refractivity contribution in [1.82, 2.24) is 19.5 Å². The Morgan fingerprint density at radius 2 is 2.42 bits per heavy atom. The Balaban J connectivity index is 2.15. The summed E-state index contributed by atoms with van der Waals surface area (Å²) in [6, 6.07) is 0.414. The smallest absolute Gasteiger partial charge is 0.245 e. The van der Waals surface area contributed by atoms with Gasteiger partial charge in [-0.2, -0.15) is 16.7 Å². The Morgan fingerprint density at radius 3 is 3.11 bits per heavy atom. The van der Waals surface area contributed by atoms with Crippen LogP contribution in [0.1, 0.15) is 24.7 Å². The molecule has 2 aromatic heterocycles. The second-order valence-electron chi connectivity index (χ2n) is 4.46. The normalized spacial score (nSPS) is 19.8. The minimum atomic E-state index is 0.376. The van der Waals surface area contributed by atoms with Crippen LogP contribution in [0.4, 0.5) is 0 Å². The molecule has 102 valence electrons. The van der Waals surface area contributed by atoms with Crippen LogP contribution < -0.4 is 4.74 Å². The Hall–Kier alpha value is -1.01. The minimum absolute atomic E-state index is 0.376. The monoisotopic (exact) mass is 298 g/mol. The van der Waals surface area contributed by atoms with Crippen LogP contribution >= 0.6 is 23.4 Å². The number of fused-ring (bicyclic) bond motifs is 1. The van der Waals surface area contributed by atoms with E-state index < -0.39 is 0 Å². The van der Waals surface area contributed by atoms with E-state index in [9.17, 15) is 0 Å². The summed E-state index contributed by atoms with van der Waals surface area (Å²) < 4.78 is 7.42. The molecule has 0 spiro atoms. The third kappa shape index (κ3) is 2.27. The third-order valence-electron chi connectivity index (χ3n) is 3.33. The van der Waals surface area contributed by atoms with E-state index in [4.69, 9.17) is 16.3 Å². The Kier molecular flexibility index (Phi) is 3.79. The van der Waals surface area contributed by atoms with Gasteiger partial charge in [-0.1, -0.05) is 0 Å². The van der Waals surface area contributed by atoms with Gasteiger partial charge in [-0.05, 0) is 18.6 Å². The SMILES string of the molecule is COc1ncnc2c1nc(CCl)n2C1CCCSC1. The molecule has 1 aliphatic rings. The predicted octanol–water partition coefficient (Wildman–Crippen LogP) is 2.64. The molecule has 1 aliphatic heterocycles. The van der Waals surface area contributed by atoms with Gasteiger partial charge in [0.2, 0.25) is 5.88 Å². The predicted molar refractivity (Wildman–Crippen MR) is 77.0 cm³/mol. The fourth-order valence-corrected chi connectivity index (χ4v) is 3.80. The molecule has 0 N–H and O–H groups in total. The number of nitrogens with zero attached hydrogens (tertiary/aromatic N) is 4. The van der Waals surface area contributed by atoms with Gasteiger partial charge >= 0.3 is 0 Å². The van der Waals surface area contributed by atoms with Crippen LogP contribution in [0.2, 0.25) is 0 Å². The number of hydrogen-bond acceptors (Lipinski definition) is 5. The lowest BCUT2D eigenvalue weighted by molar-refractivity contribution is 0.401. The molecule has 3 rings (SSSR count). The first kappa shape index (κ1) is 13.0. The highest BCUT2D eigenvalue weighted by molar-refractivity contribution is 7.99. The summed E-state index contributed by atoms with van der Waals surface area (Å²) in [7, 11) is 1.59. The molecule has 1 atom stereocenters. The molecule has 1 unspecified atom stereocenters. The average Bonchev–Trinajstić information content (AvgIpc) is 2.86. The molecule has 19 heavy (non-hydrogen) atoms. The Morgan fingerprint density at radius 1 is 1.53 bits per heavy atom. The number of imidazole rings is 1. The number of hydrogen-bond donors (Lipinski definition) is 0. The highest BCUT2D eigenvalue weighted by Gasteiger charge is 2.23. The molecule has 0 radical (unpaired) electrons. The van der Waals surface area contributed by atoms with Gasteiger partial charge in [0.1, 0.15) is 12.2 Å². The maximum atomic E-state index is 6.04. The maximum absolute atomic E-state index is 6.04. The fourth-order valence-electron chi connectivity index (χ4n) is 2.49. The van der Waals surface area contributed by atoms with Gasteiger partial charge in [-0.3, -0.25) is 0 Å². The zero-order valence-corrected chi connectivity index (χ0v) is 12.2. The number of rotatable bonds is 3. The molecule has 3 heterocycles. The first-order valence-corrected chi connectivity index (χ1v) is 7.93. The topological polar surface area (TPSA) is 52.8 Å². The van der Waals surface area contributed by atoms with E-state index in [0.717, 1.165) is 23.6 Å². The lowest BCUT2D eigenvalue weighted by Crippen LogP contribution is -2.18. The average molecular weight is 299 g/mol. The summed E-state index contributed by atoms with van der Waals surface area (Å²) in [5, 5.41) is 0. The van der Waals surface area contributed by atoms with Crippen LogP contribution in [0.25, 0.3) is 11.2 Å². The second kappa shape index (κ2) is 5.54. The molecular weight excluding hydrogens is 284 g/mol. The molecule has 0 aliphatic carbocycles. The zero-order chi connectivity index (χ0) is 13.2. The van der Waals surface area contributed by atoms with Crippen molar-refractivity contribution >= 4 is 34.5 Å². The van der Waals surface area contributed by atoms with Gasteiger partial charge in [0.25, 0.3) is 0 Å². The molecule has 7 heteroatoms. The first-order valence-electron chi connectivity index (χ1n) is 6.24. The number of aromatic nitrogens is 4. The van der Waals surface area contributed by atoms with Gasteiger partial charge in [0.15, 0.2) is 11.2 Å². The standard InChI is InChI=1S/C12H15ClN4OS/c1-18-12-10-11(14-7-15-12)17(9(5-13)16-10)8-3-2-4-19-6-8/h7-8H,2-6H2,1H3. The van der Waals surface area contributed by atoms with E-state index in [0.29, 0.717) is 23.3 Å². The molecule has 0 aromatic carbocycles. The molecule has 1 fully saturated rings. The van der Waals surface area contributed by atoms with Crippen LogP contribution in [-0.4, -0.2) is 38.1 Å². The van der Waals surface area contributed by atoms with E-state index in [1.807, 2.05) is 11.8 Å². The summed E-state index contributed by atoms with van der Waals surface area (Å²) in [6.45, 7) is 0. The zero-order valence-electron chi connectivity index (χ0n) is 10.7. The van der Waals surface area contributed by atoms with Gasteiger partial charge in [0.05, 0.1) is 13.0 Å². The summed E-state index contributed by atoms with van der Waals surface area (Å²) in [4.78, 5) is 13.0. The van der Waals surface area contributed by atoms with E-state index in [2.05, 4.69) is 19.5 Å². The number of methoxy groups -OCH3 is 1. The van der Waals surface area contributed by atoms with Crippen molar-refractivity contribution in [2.75, 3.05) is 18.6 Å². The van der Waals surface area contributed by atoms with E-state index in [1.54, 1.807) is 7.11 Å². The third-order valence-corrected chi connectivity index (χ3v) is 4.77. The van der Waals surface area contributed by atoms with Crippen molar-refractivity contribution in [3.8, 4) is 5.88 Å². The van der Waals surface area contributed by atoms with Crippen molar-refractivity contribution in [3.05, 3.63) is 12.2 Å². The van der Waals surface area contributed by atoms with E-state index in [1.165, 1.54) is 18.5 Å². The van der Waals surface area contributed by atoms with Crippen LogP contribution in [0.15, 0.2) is 6.33 Å². The molecule has 5 nitrogen and oxygen atoms in total. The van der Waals surface area contributed by atoms with Crippen molar-refractivity contribution in [1.29, 1.82) is 0 Å². The van der Waals surface area contributed by atoms with Gasteiger partial charge in [0, 0.05) is 11.8 Å². The molecule has 2 aromatic rings. The van der Waals surface area contributed by atoms with Crippen molar-refractivity contribution in [2.24, 2.45) is 0 Å². The molecule has 0 amide bonds. The molecular formula is C12H15ClN4OS. The van der Waals surface area contributed by atoms with Crippen LogP contribution in [0, 0.1) is 0 Å². The molecule has 1 saturated heterocycles. The number of halogens is 1. The lowest BCUT2D eigenvalue weighted by atomic mass is 10.2. The quantitative estimate of drug-likeness (QED) is 0.815. The highest BCUT2D eigenvalue weighted by atomic mass is 35.5. The number of alkyl halides is 1. The van der Waals surface area contributed by atoms with Crippen molar-refractivity contribution in [3.63, 3.8) is 0 Å². The minimum Gasteiger partial charge on any atom is -0.479 e. The van der Waals surface area contributed by atoms with Gasteiger partial charge in [-0.15, -0.1) is 11.6 Å². The van der Waals surface area contributed by atoms with E-state index in [-0.39, 0.29) is 0 Å². The molecule has 0 bridgehead atoms. The Bertz CT molecular complexity index is 582. The Labute approximate surface area is 120 Å². The lowest BCUT2D eigenvalue weighted by Gasteiger charge is -2.24. The largest absolute Gasteiger partial charge is 0.479 e. The fraction of sp³-hybridized carbons (Fsp3) is 0.583. The van der Waals surface area contributed by atoms with Crippen molar-refractivity contribution in [2.45, 2.75) is 24.8 Å². The molecule has 0 saturated carbocycles. The number of ether oxygens (including phenoxy) is 1. The van der Waals surface area contributed by atoms with Crippen molar-refractivity contribution < 1.29 is 4.74 Å². The van der Waals surface area contributed by atoms with Crippen LogP contribution in [-0.2, 0) is 5.88 Å². The van der Waals surface area contributed by atoms with E-state index >= 15 is 0 Å². The highest BCUT2D eigenvalue weighted by Crippen LogP contribution is 2.32.